The van der Waals surface area contributed by atoms with Crippen molar-refractivity contribution in [3.8, 4) is 11.5 Å². The summed E-state index contributed by atoms with van der Waals surface area (Å²) in [5, 5.41) is 2.84. The van der Waals surface area contributed by atoms with Gasteiger partial charge >= 0.3 is 0 Å². The Kier molecular flexibility index (Phi) is 3.56. The monoisotopic (exact) mass is 340 g/mol. The number of fused-ring (bicyclic) bond motifs is 2. The van der Waals surface area contributed by atoms with E-state index >= 15 is 0 Å². The first-order chi connectivity index (χ1) is 11.9. The van der Waals surface area contributed by atoms with Crippen LogP contribution < -0.4 is 14.8 Å². The number of rotatable bonds is 2. The smallest absolute Gasteiger partial charge is 0.257 e. The fraction of sp³-hybridized carbons (Fsp3) is 0.368. The van der Waals surface area contributed by atoms with Crippen molar-refractivity contribution in [2.75, 3.05) is 18.5 Å². The molecule has 0 bridgehead atoms. The highest BCUT2D eigenvalue weighted by Crippen LogP contribution is 2.36. The van der Waals surface area contributed by atoms with Crippen LogP contribution in [0, 0.1) is 5.41 Å². The van der Waals surface area contributed by atoms with Crippen molar-refractivity contribution in [2.45, 2.75) is 26.7 Å². The van der Waals surface area contributed by atoms with Crippen LogP contribution in [0.5, 0.6) is 11.5 Å². The minimum atomic E-state index is -0.303. The maximum atomic E-state index is 12.7. The number of hydrogen-bond acceptors (Lipinski definition) is 4. The van der Waals surface area contributed by atoms with Crippen molar-refractivity contribution in [2.24, 2.45) is 5.41 Å². The van der Waals surface area contributed by atoms with Gasteiger partial charge in [0.2, 0.25) is 0 Å². The molecule has 0 saturated carbocycles. The van der Waals surface area contributed by atoms with E-state index < -0.39 is 0 Å². The minimum Gasteiger partial charge on any atom is -0.486 e. The molecular formula is C19H20N2O4. The van der Waals surface area contributed by atoms with Gasteiger partial charge in [-0.1, -0.05) is 13.8 Å². The number of aromatic amines is 1. The molecule has 0 radical (unpaired) electrons. The van der Waals surface area contributed by atoms with Gasteiger partial charge < -0.3 is 19.8 Å². The second-order valence-electron chi connectivity index (χ2n) is 7.31. The SMILES string of the molecule is CC1(C)CC(=O)c2c(C(=O)Nc3ccc4c(c3)OCCO4)c[nH]c2C1. The lowest BCUT2D eigenvalue weighted by molar-refractivity contribution is 0.0902. The molecule has 0 fully saturated rings. The Morgan fingerprint density at radius 1 is 1.16 bits per heavy atom. The first kappa shape index (κ1) is 15.7. The van der Waals surface area contributed by atoms with E-state index in [4.69, 9.17) is 9.47 Å². The van der Waals surface area contributed by atoms with Crippen LogP contribution in [0.1, 0.15) is 46.7 Å². The maximum Gasteiger partial charge on any atom is 0.257 e. The maximum absolute atomic E-state index is 12.7. The molecule has 0 atom stereocenters. The quantitative estimate of drug-likeness (QED) is 0.880. The average molecular weight is 340 g/mol. The average Bonchev–Trinajstić information content (AvgIpc) is 2.97. The predicted molar refractivity (Wildman–Crippen MR) is 92.6 cm³/mol. The van der Waals surface area contributed by atoms with Gasteiger partial charge in [-0.15, -0.1) is 0 Å². The Morgan fingerprint density at radius 3 is 2.72 bits per heavy atom. The number of carbonyl (C=O) groups is 2. The zero-order chi connectivity index (χ0) is 17.6. The predicted octanol–water partition coefficient (Wildman–Crippen LogP) is 3.19. The normalized spacial score (nSPS) is 17.8. The summed E-state index contributed by atoms with van der Waals surface area (Å²) < 4.78 is 11.0. The zero-order valence-electron chi connectivity index (χ0n) is 14.3. The highest BCUT2D eigenvalue weighted by Gasteiger charge is 2.35. The number of aromatic nitrogens is 1. The topological polar surface area (TPSA) is 80.4 Å². The molecule has 2 aliphatic rings. The summed E-state index contributed by atoms with van der Waals surface area (Å²) in [6.45, 7) is 5.12. The standard InChI is InChI=1S/C19H20N2O4/c1-19(2)8-13-17(14(22)9-19)12(10-20-13)18(23)21-11-3-4-15-16(7-11)25-6-5-24-15/h3-4,7,10,20H,5-6,8-9H2,1-2H3,(H,21,23). The van der Waals surface area contributed by atoms with Crippen LogP contribution in [-0.2, 0) is 6.42 Å². The number of hydrogen-bond donors (Lipinski definition) is 2. The highest BCUT2D eigenvalue weighted by molar-refractivity contribution is 6.13. The number of carbonyl (C=O) groups excluding carboxylic acids is 2. The Morgan fingerprint density at radius 2 is 1.92 bits per heavy atom. The van der Waals surface area contributed by atoms with Crippen LogP contribution in [-0.4, -0.2) is 29.9 Å². The van der Waals surface area contributed by atoms with E-state index in [2.05, 4.69) is 24.1 Å². The van der Waals surface area contributed by atoms with Gasteiger partial charge in [-0.05, 0) is 24.0 Å². The molecule has 1 aliphatic carbocycles. The van der Waals surface area contributed by atoms with Crippen molar-refractivity contribution in [3.63, 3.8) is 0 Å². The minimum absolute atomic E-state index is 0.0137. The first-order valence-corrected chi connectivity index (χ1v) is 8.37. The van der Waals surface area contributed by atoms with E-state index in [1.54, 1.807) is 24.4 Å². The molecule has 4 rings (SSSR count). The van der Waals surface area contributed by atoms with Crippen LogP contribution in [0.25, 0.3) is 0 Å². The third kappa shape index (κ3) is 2.88. The van der Waals surface area contributed by atoms with Gasteiger partial charge in [-0.3, -0.25) is 9.59 Å². The number of benzene rings is 1. The number of anilines is 1. The molecule has 6 heteroatoms. The third-order valence-electron chi connectivity index (χ3n) is 4.58. The highest BCUT2D eigenvalue weighted by atomic mass is 16.6. The number of amides is 1. The molecule has 0 saturated heterocycles. The molecular weight excluding hydrogens is 320 g/mol. The Balaban J connectivity index is 1.59. The number of ether oxygens (including phenoxy) is 2. The van der Waals surface area contributed by atoms with Crippen molar-refractivity contribution < 1.29 is 19.1 Å². The molecule has 0 spiro atoms. The summed E-state index contributed by atoms with van der Waals surface area (Å²) in [5.74, 6) is 0.987. The van der Waals surface area contributed by atoms with Crippen LogP contribution in [0.2, 0.25) is 0 Å². The zero-order valence-corrected chi connectivity index (χ0v) is 14.3. The Bertz CT molecular complexity index is 866. The molecule has 130 valence electrons. The molecule has 6 nitrogen and oxygen atoms in total. The van der Waals surface area contributed by atoms with Crippen molar-refractivity contribution >= 4 is 17.4 Å². The molecule has 2 aromatic rings. The largest absolute Gasteiger partial charge is 0.486 e. The fourth-order valence-corrected chi connectivity index (χ4v) is 3.49. The van der Waals surface area contributed by atoms with Crippen LogP contribution in [0.15, 0.2) is 24.4 Å². The van der Waals surface area contributed by atoms with Gasteiger partial charge in [0.05, 0.1) is 11.1 Å². The second-order valence-corrected chi connectivity index (χ2v) is 7.31. The number of Topliss-reactive ketones (excluding diaryl/α,β-unsaturated/α-hetero) is 1. The summed E-state index contributed by atoms with van der Waals surface area (Å²) >= 11 is 0. The van der Waals surface area contributed by atoms with Crippen LogP contribution in [0.3, 0.4) is 0 Å². The lowest BCUT2D eigenvalue weighted by Gasteiger charge is -2.28. The van der Waals surface area contributed by atoms with Crippen LogP contribution >= 0.6 is 0 Å². The van der Waals surface area contributed by atoms with E-state index in [1.807, 2.05) is 0 Å². The van der Waals surface area contributed by atoms with E-state index in [0.717, 1.165) is 12.1 Å². The molecule has 0 unspecified atom stereocenters. The molecule has 2 N–H and O–H groups in total. The Hall–Kier alpha value is -2.76. The van der Waals surface area contributed by atoms with Gasteiger partial charge in [0.25, 0.3) is 5.91 Å². The van der Waals surface area contributed by atoms with Crippen molar-refractivity contribution in [1.29, 1.82) is 0 Å². The molecule has 25 heavy (non-hydrogen) atoms. The van der Waals surface area contributed by atoms with Gasteiger partial charge in [-0.2, -0.15) is 0 Å². The van der Waals surface area contributed by atoms with E-state index in [1.165, 1.54) is 0 Å². The summed E-state index contributed by atoms with van der Waals surface area (Å²) in [7, 11) is 0. The van der Waals surface area contributed by atoms with Gasteiger partial charge in [0.1, 0.15) is 13.2 Å². The number of nitrogens with one attached hydrogen (secondary N) is 2. The third-order valence-corrected chi connectivity index (χ3v) is 4.58. The summed E-state index contributed by atoms with van der Waals surface area (Å²) in [5.41, 5.74) is 2.28. The summed E-state index contributed by atoms with van der Waals surface area (Å²) in [6, 6.07) is 5.26. The fourth-order valence-electron chi connectivity index (χ4n) is 3.49. The first-order valence-electron chi connectivity index (χ1n) is 8.37. The second kappa shape index (κ2) is 5.65. The van der Waals surface area contributed by atoms with Crippen molar-refractivity contribution in [3.05, 3.63) is 41.2 Å². The van der Waals surface area contributed by atoms with Gasteiger partial charge in [-0.25, -0.2) is 0 Å². The molecule has 1 aliphatic heterocycles. The summed E-state index contributed by atoms with van der Waals surface area (Å²) in [6.07, 6.45) is 2.82. The Labute approximate surface area is 145 Å². The van der Waals surface area contributed by atoms with E-state index in [-0.39, 0.29) is 17.1 Å². The lowest BCUT2D eigenvalue weighted by Crippen LogP contribution is -2.28. The van der Waals surface area contributed by atoms with E-state index in [9.17, 15) is 9.59 Å². The molecule has 1 aromatic carbocycles. The molecule has 1 amide bonds. The van der Waals surface area contributed by atoms with Crippen molar-refractivity contribution in [1.82, 2.24) is 4.98 Å². The molecule has 1 aromatic heterocycles. The van der Waals surface area contributed by atoms with Crippen LogP contribution in [0.4, 0.5) is 5.69 Å². The van der Waals surface area contributed by atoms with Gasteiger partial charge in [0.15, 0.2) is 17.3 Å². The molecule has 2 heterocycles. The summed E-state index contributed by atoms with van der Waals surface area (Å²) in [4.78, 5) is 28.3. The van der Waals surface area contributed by atoms with E-state index in [0.29, 0.717) is 47.9 Å². The number of ketones is 1. The van der Waals surface area contributed by atoms with Gasteiger partial charge in [0, 0.05) is 30.1 Å². The number of H-pyrrole nitrogens is 1. The lowest BCUT2D eigenvalue weighted by atomic mass is 9.75.